The quantitative estimate of drug-likeness (QED) is 0.837. The van der Waals surface area contributed by atoms with Gasteiger partial charge in [-0.3, -0.25) is 4.57 Å². The van der Waals surface area contributed by atoms with Crippen molar-refractivity contribution in [2.24, 2.45) is 5.92 Å². The summed E-state index contributed by atoms with van der Waals surface area (Å²) in [6.07, 6.45) is 6.85. The van der Waals surface area contributed by atoms with Gasteiger partial charge in [0.2, 0.25) is 0 Å². The molecule has 1 aliphatic rings. The Morgan fingerprint density at radius 3 is 2.70 bits per heavy atom. The standard InChI is InChI=1S/C15H24BrN3O/c1-11-14(16)12(2)19(15(20)18-11)9-8-17-10-13-6-4-3-5-7-13/h13,17H,3-10H2,1-2H3. The number of nitrogens with zero attached hydrogens (tertiary/aromatic N) is 2. The number of nitrogens with one attached hydrogen (secondary N) is 1. The number of halogens is 1. The van der Waals surface area contributed by atoms with Gasteiger partial charge < -0.3 is 5.32 Å². The molecule has 0 amide bonds. The van der Waals surface area contributed by atoms with Crippen molar-refractivity contribution in [3.63, 3.8) is 0 Å². The van der Waals surface area contributed by atoms with E-state index in [2.05, 4.69) is 26.2 Å². The molecule has 0 saturated heterocycles. The van der Waals surface area contributed by atoms with Crippen molar-refractivity contribution in [2.75, 3.05) is 13.1 Å². The second-order valence-corrected chi connectivity index (χ2v) is 6.53. The van der Waals surface area contributed by atoms with Gasteiger partial charge in [-0.2, -0.15) is 4.98 Å². The predicted molar refractivity (Wildman–Crippen MR) is 85.1 cm³/mol. The molecule has 1 aliphatic carbocycles. The molecule has 0 aliphatic heterocycles. The summed E-state index contributed by atoms with van der Waals surface area (Å²) in [5, 5.41) is 3.49. The Labute approximate surface area is 129 Å². The molecule has 5 heteroatoms. The molecule has 20 heavy (non-hydrogen) atoms. The van der Waals surface area contributed by atoms with E-state index in [1.807, 2.05) is 13.8 Å². The monoisotopic (exact) mass is 341 g/mol. The van der Waals surface area contributed by atoms with E-state index in [0.717, 1.165) is 34.9 Å². The number of hydrogen-bond donors (Lipinski definition) is 1. The number of aryl methyl sites for hydroxylation is 1. The molecular formula is C15H24BrN3O. The summed E-state index contributed by atoms with van der Waals surface area (Å²) in [5.74, 6) is 0.824. The normalized spacial score (nSPS) is 16.6. The molecule has 1 heterocycles. The van der Waals surface area contributed by atoms with E-state index >= 15 is 0 Å². The molecule has 4 nitrogen and oxygen atoms in total. The summed E-state index contributed by atoms with van der Waals surface area (Å²) >= 11 is 3.49. The highest BCUT2D eigenvalue weighted by Crippen LogP contribution is 2.22. The fraction of sp³-hybridized carbons (Fsp3) is 0.733. The maximum atomic E-state index is 11.9. The van der Waals surface area contributed by atoms with Crippen LogP contribution in [0, 0.1) is 19.8 Å². The summed E-state index contributed by atoms with van der Waals surface area (Å²) in [5.41, 5.74) is 1.57. The Morgan fingerprint density at radius 1 is 1.30 bits per heavy atom. The van der Waals surface area contributed by atoms with Crippen molar-refractivity contribution in [3.8, 4) is 0 Å². The first-order valence-electron chi connectivity index (χ1n) is 7.54. The van der Waals surface area contributed by atoms with Crippen LogP contribution in [0.4, 0.5) is 0 Å². The third-order valence-corrected chi connectivity index (χ3v) is 5.35. The molecule has 0 atom stereocenters. The SMILES string of the molecule is Cc1nc(=O)n(CCNCC2CCCCC2)c(C)c1Br. The van der Waals surface area contributed by atoms with Crippen LogP contribution in [0.3, 0.4) is 0 Å². The first-order valence-corrected chi connectivity index (χ1v) is 8.33. The van der Waals surface area contributed by atoms with Crippen molar-refractivity contribution in [3.05, 3.63) is 26.3 Å². The molecule has 0 aromatic carbocycles. The lowest BCUT2D eigenvalue weighted by Gasteiger charge is -2.22. The second kappa shape index (κ2) is 7.36. The van der Waals surface area contributed by atoms with E-state index in [9.17, 15) is 4.79 Å². The van der Waals surface area contributed by atoms with E-state index in [1.54, 1.807) is 4.57 Å². The third kappa shape index (κ3) is 3.92. The number of aromatic nitrogens is 2. The van der Waals surface area contributed by atoms with Gasteiger partial charge in [0.25, 0.3) is 0 Å². The molecule has 0 spiro atoms. The number of hydrogen-bond acceptors (Lipinski definition) is 3. The Bertz CT molecular complexity index is 507. The van der Waals surface area contributed by atoms with Crippen LogP contribution in [-0.2, 0) is 6.54 Å². The minimum absolute atomic E-state index is 0.150. The van der Waals surface area contributed by atoms with Crippen LogP contribution in [-0.4, -0.2) is 22.6 Å². The van der Waals surface area contributed by atoms with Gasteiger partial charge in [0.15, 0.2) is 0 Å². The topological polar surface area (TPSA) is 46.9 Å². The molecule has 0 bridgehead atoms. The molecule has 0 unspecified atom stereocenters. The summed E-state index contributed by atoms with van der Waals surface area (Å²) in [7, 11) is 0. The third-order valence-electron chi connectivity index (χ3n) is 4.20. The molecule has 2 rings (SSSR count). The number of rotatable bonds is 5. The lowest BCUT2D eigenvalue weighted by Crippen LogP contribution is -2.33. The summed E-state index contributed by atoms with van der Waals surface area (Å²) in [4.78, 5) is 15.9. The predicted octanol–water partition coefficient (Wildman–Crippen LogP) is 2.79. The molecule has 0 radical (unpaired) electrons. The molecule has 1 fully saturated rings. The van der Waals surface area contributed by atoms with Crippen molar-refractivity contribution in [1.29, 1.82) is 0 Å². The van der Waals surface area contributed by atoms with Crippen molar-refractivity contribution in [2.45, 2.75) is 52.5 Å². The van der Waals surface area contributed by atoms with Crippen LogP contribution >= 0.6 is 15.9 Å². The van der Waals surface area contributed by atoms with Crippen molar-refractivity contribution >= 4 is 15.9 Å². The Morgan fingerprint density at radius 2 is 2.00 bits per heavy atom. The first kappa shape index (κ1) is 15.7. The van der Waals surface area contributed by atoms with Gasteiger partial charge in [-0.05, 0) is 55.1 Å². The minimum atomic E-state index is -0.150. The van der Waals surface area contributed by atoms with Crippen molar-refractivity contribution < 1.29 is 0 Å². The summed E-state index contributed by atoms with van der Waals surface area (Å²) < 4.78 is 2.68. The van der Waals surface area contributed by atoms with E-state index in [4.69, 9.17) is 0 Å². The van der Waals surface area contributed by atoms with Gasteiger partial charge in [0.1, 0.15) is 0 Å². The molecular weight excluding hydrogens is 318 g/mol. The highest BCUT2D eigenvalue weighted by molar-refractivity contribution is 9.10. The van der Waals surface area contributed by atoms with Crippen molar-refractivity contribution in [1.82, 2.24) is 14.9 Å². The van der Waals surface area contributed by atoms with Crippen LogP contribution in [0.15, 0.2) is 9.27 Å². The maximum Gasteiger partial charge on any atom is 0.348 e. The zero-order valence-corrected chi connectivity index (χ0v) is 14.0. The summed E-state index contributed by atoms with van der Waals surface area (Å²) in [6.45, 7) is 6.40. The smallest absolute Gasteiger partial charge is 0.315 e. The second-order valence-electron chi connectivity index (χ2n) is 5.74. The van der Waals surface area contributed by atoms with Crippen LogP contribution < -0.4 is 11.0 Å². The molecule has 1 saturated carbocycles. The zero-order chi connectivity index (χ0) is 14.5. The Kier molecular flexibility index (Phi) is 5.78. The fourth-order valence-corrected chi connectivity index (χ4v) is 3.23. The van der Waals surface area contributed by atoms with E-state index in [1.165, 1.54) is 32.1 Å². The maximum absolute atomic E-state index is 11.9. The summed E-state index contributed by atoms with van der Waals surface area (Å²) in [6, 6.07) is 0. The van der Waals surface area contributed by atoms with Gasteiger partial charge in [0.05, 0.1) is 10.2 Å². The Hall–Kier alpha value is -0.680. The lowest BCUT2D eigenvalue weighted by molar-refractivity contribution is 0.340. The van der Waals surface area contributed by atoms with E-state index in [-0.39, 0.29) is 5.69 Å². The average Bonchev–Trinajstić information content (AvgIpc) is 2.45. The zero-order valence-electron chi connectivity index (χ0n) is 12.4. The fourth-order valence-electron chi connectivity index (χ4n) is 2.93. The largest absolute Gasteiger partial charge is 0.348 e. The average molecular weight is 342 g/mol. The van der Waals surface area contributed by atoms with Gasteiger partial charge in [-0.15, -0.1) is 0 Å². The van der Waals surface area contributed by atoms with Gasteiger partial charge in [0, 0.05) is 18.8 Å². The van der Waals surface area contributed by atoms with Crippen LogP contribution in [0.1, 0.15) is 43.5 Å². The van der Waals surface area contributed by atoms with E-state index in [0.29, 0.717) is 6.54 Å². The Balaban J connectivity index is 1.85. The van der Waals surface area contributed by atoms with Gasteiger partial charge in [-0.25, -0.2) is 4.79 Å². The lowest BCUT2D eigenvalue weighted by atomic mass is 9.89. The van der Waals surface area contributed by atoms with Crippen LogP contribution in [0.2, 0.25) is 0 Å². The highest BCUT2D eigenvalue weighted by Gasteiger charge is 2.13. The first-order chi connectivity index (χ1) is 9.59. The molecule has 1 N–H and O–H groups in total. The molecule has 1 aromatic rings. The van der Waals surface area contributed by atoms with Gasteiger partial charge in [-0.1, -0.05) is 19.3 Å². The highest BCUT2D eigenvalue weighted by atomic mass is 79.9. The molecule has 1 aromatic heterocycles. The van der Waals surface area contributed by atoms with Crippen LogP contribution in [0.25, 0.3) is 0 Å². The minimum Gasteiger partial charge on any atom is -0.315 e. The van der Waals surface area contributed by atoms with Gasteiger partial charge >= 0.3 is 5.69 Å². The molecule has 112 valence electrons. The van der Waals surface area contributed by atoms with E-state index < -0.39 is 0 Å². The van der Waals surface area contributed by atoms with Crippen LogP contribution in [0.5, 0.6) is 0 Å².